The average Bonchev–Trinajstić information content (AvgIpc) is 2.34. The molecular formula is C15H18N2O2. The van der Waals surface area contributed by atoms with E-state index in [0.29, 0.717) is 5.82 Å². The van der Waals surface area contributed by atoms with Gasteiger partial charge in [-0.25, -0.2) is 0 Å². The molecule has 1 aromatic carbocycles. The van der Waals surface area contributed by atoms with Gasteiger partial charge in [0.1, 0.15) is 11.6 Å². The Balaban J connectivity index is 2.75. The summed E-state index contributed by atoms with van der Waals surface area (Å²) >= 11 is 0. The molecule has 0 saturated heterocycles. The second-order valence-corrected chi connectivity index (χ2v) is 4.73. The summed E-state index contributed by atoms with van der Waals surface area (Å²) < 4.78 is 6.86. The molecular weight excluding hydrogens is 240 g/mol. The molecule has 0 aliphatic heterocycles. The number of rotatable bonds is 2. The monoisotopic (exact) mass is 258 g/mol. The van der Waals surface area contributed by atoms with E-state index in [4.69, 9.17) is 10.5 Å². The van der Waals surface area contributed by atoms with Crippen molar-refractivity contribution in [1.82, 2.24) is 4.57 Å². The third-order valence-corrected chi connectivity index (χ3v) is 3.23. The Kier molecular flexibility index (Phi) is 3.34. The summed E-state index contributed by atoms with van der Waals surface area (Å²) in [6, 6.07) is 7.41. The molecule has 4 nitrogen and oxygen atoms in total. The molecule has 0 unspecified atom stereocenters. The van der Waals surface area contributed by atoms with Gasteiger partial charge < -0.3 is 10.5 Å². The number of pyridine rings is 1. The minimum absolute atomic E-state index is 0.129. The van der Waals surface area contributed by atoms with E-state index >= 15 is 0 Å². The largest absolute Gasteiger partial charge is 0.496 e. The van der Waals surface area contributed by atoms with Crippen LogP contribution in [-0.2, 0) is 7.05 Å². The number of anilines is 1. The number of benzene rings is 1. The van der Waals surface area contributed by atoms with Crippen LogP contribution in [0.4, 0.5) is 5.82 Å². The van der Waals surface area contributed by atoms with Crippen LogP contribution < -0.4 is 16.0 Å². The number of methoxy groups -OCH3 is 1. The van der Waals surface area contributed by atoms with Crippen LogP contribution in [0.25, 0.3) is 11.1 Å². The summed E-state index contributed by atoms with van der Waals surface area (Å²) in [4.78, 5) is 11.8. The molecule has 2 N–H and O–H groups in total. The second kappa shape index (κ2) is 4.80. The van der Waals surface area contributed by atoms with Crippen LogP contribution in [-0.4, -0.2) is 11.7 Å². The maximum atomic E-state index is 11.8. The van der Waals surface area contributed by atoms with Gasteiger partial charge >= 0.3 is 0 Å². The topological polar surface area (TPSA) is 57.2 Å². The van der Waals surface area contributed by atoms with Crippen LogP contribution in [0.1, 0.15) is 11.1 Å². The van der Waals surface area contributed by atoms with Crippen LogP contribution in [0.3, 0.4) is 0 Å². The van der Waals surface area contributed by atoms with Gasteiger partial charge in [-0.05, 0) is 42.7 Å². The van der Waals surface area contributed by atoms with Gasteiger partial charge in [0.25, 0.3) is 5.56 Å². The maximum Gasteiger partial charge on any atom is 0.252 e. The Morgan fingerprint density at radius 2 is 1.84 bits per heavy atom. The summed E-state index contributed by atoms with van der Waals surface area (Å²) in [6.07, 6.45) is 0. The minimum atomic E-state index is -0.129. The first-order chi connectivity index (χ1) is 8.93. The molecule has 0 aliphatic rings. The van der Waals surface area contributed by atoms with Crippen molar-refractivity contribution in [3.63, 3.8) is 0 Å². The third-order valence-electron chi connectivity index (χ3n) is 3.23. The van der Waals surface area contributed by atoms with Crippen molar-refractivity contribution in [1.29, 1.82) is 0 Å². The van der Waals surface area contributed by atoms with Gasteiger partial charge in [0.15, 0.2) is 0 Å². The quantitative estimate of drug-likeness (QED) is 0.899. The molecule has 0 spiro atoms. The number of nitrogens with zero attached hydrogens (tertiary/aromatic N) is 1. The molecule has 0 aliphatic carbocycles. The van der Waals surface area contributed by atoms with Crippen LogP contribution in [0.15, 0.2) is 29.1 Å². The van der Waals surface area contributed by atoms with Crippen LogP contribution in [0, 0.1) is 13.8 Å². The highest BCUT2D eigenvalue weighted by molar-refractivity contribution is 5.74. The highest BCUT2D eigenvalue weighted by atomic mass is 16.5. The predicted molar refractivity (Wildman–Crippen MR) is 77.6 cm³/mol. The highest BCUT2D eigenvalue weighted by Crippen LogP contribution is 2.34. The molecule has 0 fully saturated rings. The molecule has 4 heteroatoms. The van der Waals surface area contributed by atoms with Crippen molar-refractivity contribution >= 4 is 5.82 Å². The molecule has 0 amide bonds. The lowest BCUT2D eigenvalue weighted by Crippen LogP contribution is -2.18. The lowest BCUT2D eigenvalue weighted by atomic mass is 9.99. The molecule has 100 valence electrons. The minimum Gasteiger partial charge on any atom is -0.496 e. The lowest BCUT2D eigenvalue weighted by Gasteiger charge is -2.14. The number of hydrogen-bond acceptors (Lipinski definition) is 3. The van der Waals surface area contributed by atoms with Crippen molar-refractivity contribution < 1.29 is 4.74 Å². The Labute approximate surface area is 112 Å². The van der Waals surface area contributed by atoms with E-state index in [1.165, 1.54) is 4.57 Å². The van der Waals surface area contributed by atoms with E-state index < -0.39 is 0 Å². The first-order valence-electron chi connectivity index (χ1n) is 6.06. The van der Waals surface area contributed by atoms with Gasteiger partial charge in [0, 0.05) is 18.7 Å². The summed E-state index contributed by atoms with van der Waals surface area (Å²) in [7, 11) is 3.28. The first kappa shape index (κ1) is 13.2. The standard InChI is InChI=1S/C15H18N2O2/c1-9-5-10(2)15(19-4)12(6-9)11-7-13(16)17(3)14(18)8-11/h5-8H,16H2,1-4H3. The zero-order chi connectivity index (χ0) is 14.2. The number of hydrogen-bond donors (Lipinski definition) is 1. The van der Waals surface area contributed by atoms with Crippen molar-refractivity contribution in [3.05, 3.63) is 45.7 Å². The molecule has 1 aromatic heterocycles. The van der Waals surface area contributed by atoms with Crippen LogP contribution in [0.5, 0.6) is 5.75 Å². The number of ether oxygens (including phenoxy) is 1. The molecule has 2 rings (SSSR count). The number of nitrogen functional groups attached to an aromatic ring is 1. The summed E-state index contributed by atoms with van der Waals surface area (Å²) in [6.45, 7) is 4.00. The lowest BCUT2D eigenvalue weighted by molar-refractivity contribution is 0.413. The van der Waals surface area contributed by atoms with E-state index in [1.54, 1.807) is 26.3 Å². The van der Waals surface area contributed by atoms with Gasteiger partial charge in [-0.1, -0.05) is 6.07 Å². The van der Waals surface area contributed by atoms with Gasteiger partial charge in [-0.15, -0.1) is 0 Å². The van der Waals surface area contributed by atoms with Crippen molar-refractivity contribution in [2.24, 2.45) is 7.05 Å². The molecule has 2 aromatic rings. The normalized spacial score (nSPS) is 10.5. The summed E-state index contributed by atoms with van der Waals surface area (Å²) in [5.41, 5.74) is 9.55. The first-order valence-corrected chi connectivity index (χ1v) is 6.06. The maximum absolute atomic E-state index is 11.8. The van der Waals surface area contributed by atoms with Gasteiger partial charge in [0.2, 0.25) is 0 Å². The molecule has 0 atom stereocenters. The number of aryl methyl sites for hydroxylation is 2. The Hall–Kier alpha value is -2.23. The fourth-order valence-corrected chi connectivity index (χ4v) is 2.25. The molecule has 19 heavy (non-hydrogen) atoms. The average molecular weight is 258 g/mol. The van der Waals surface area contributed by atoms with E-state index in [2.05, 4.69) is 0 Å². The zero-order valence-electron chi connectivity index (χ0n) is 11.7. The molecule has 0 bridgehead atoms. The van der Waals surface area contributed by atoms with Gasteiger partial charge in [-0.3, -0.25) is 9.36 Å². The number of nitrogens with two attached hydrogens (primary N) is 1. The fraction of sp³-hybridized carbons (Fsp3) is 0.267. The predicted octanol–water partition coefficient (Wildman–Crippen LogP) is 2.26. The highest BCUT2D eigenvalue weighted by Gasteiger charge is 2.11. The summed E-state index contributed by atoms with van der Waals surface area (Å²) in [5, 5.41) is 0. The fourth-order valence-electron chi connectivity index (χ4n) is 2.25. The van der Waals surface area contributed by atoms with Crippen LogP contribution >= 0.6 is 0 Å². The van der Waals surface area contributed by atoms with Crippen LogP contribution in [0.2, 0.25) is 0 Å². The van der Waals surface area contributed by atoms with Crippen molar-refractivity contribution in [2.45, 2.75) is 13.8 Å². The van der Waals surface area contributed by atoms with Crippen molar-refractivity contribution in [2.75, 3.05) is 12.8 Å². The second-order valence-electron chi connectivity index (χ2n) is 4.73. The van der Waals surface area contributed by atoms with E-state index in [-0.39, 0.29) is 5.56 Å². The Bertz CT molecular complexity index is 687. The third kappa shape index (κ3) is 2.34. The van der Waals surface area contributed by atoms with Crippen molar-refractivity contribution in [3.8, 4) is 16.9 Å². The Morgan fingerprint density at radius 3 is 2.42 bits per heavy atom. The molecule has 0 saturated carbocycles. The van der Waals surface area contributed by atoms with E-state index in [1.807, 2.05) is 26.0 Å². The zero-order valence-corrected chi connectivity index (χ0v) is 11.7. The molecule has 0 radical (unpaired) electrons. The smallest absolute Gasteiger partial charge is 0.252 e. The van der Waals surface area contributed by atoms with Gasteiger partial charge in [0.05, 0.1) is 7.11 Å². The Morgan fingerprint density at radius 1 is 1.16 bits per heavy atom. The van der Waals surface area contributed by atoms with Gasteiger partial charge in [-0.2, -0.15) is 0 Å². The van der Waals surface area contributed by atoms with E-state index in [9.17, 15) is 4.79 Å². The summed E-state index contributed by atoms with van der Waals surface area (Å²) in [5.74, 6) is 1.21. The molecule has 1 heterocycles. The number of aromatic nitrogens is 1. The SMILES string of the molecule is COc1c(C)cc(C)cc1-c1cc(N)n(C)c(=O)c1. The van der Waals surface area contributed by atoms with E-state index in [0.717, 1.165) is 28.0 Å².